The van der Waals surface area contributed by atoms with Gasteiger partial charge >= 0.3 is 0 Å². The quantitative estimate of drug-likeness (QED) is 0.718. The third-order valence-corrected chi connectivity index (χ3v) is 7.84. The van der Waals surface area contributed by atoms with Crippen LogP contribution in [-0.2, 0) is 36.0 Å². The van der Waals surface area contributed by atoms with Crippen molar-refractivity contribution in [1.29, 1.82) is 0 Å². The number of amides is 2. The fourth-order valence-electron chi connectivity index (χ4n) is 5.84. The van der Waals surface area contributed by atoms with Crippen molar-refractivity contribution >= 4 is 17.5 Å². The van der Waals surface area contributed by atoms with Gasteiger partial charge in [-0.25, -0.2) is 0 Å². The van der Waals surface area contributed by atoms with E-state index in [1.54, 1.807) is 4.90 Å². The standard InChI is InChI=1S/C26H34N4O2/c1-17-11-12-21(13-18(17)2)29-15-19(14-25(29)31)26(32)30(20-7-4-5-8-20)16-23-22-9-6-10-24(22)28(3)27-23/h11-13,19-20H,4-10,14-16H2,1-3H3. The minimum Gasteiger partial charge on any atom is -0.333 e. The topological polar surface area (TPSA) is 58.4 Å². The highest BCUT2D eigenvalue weighted by Gasteiger charge is 2.40. The molecule has 6 heteroatoms. The van der Waals surface area contributed by atoms with Gasteiger partial charge in [-0.05, 0) is 74.8 Å². The Balaban J connectivity index is 1.37. The minimum atomic E-state index is -0.276. The maximum Gasteiger partial charge on any atom is 0.228 e. The summed E-state index contributed by atoms with van der Waals surface area (Å²) in [4.78, 5) is 30.6. The second kappa shape index (κ2) is 8.38. The molecule has 0 spiro atoms. The summed E-state index contributed by atoms with van der Waals surface area (Å²) in [5.41, 5.74) is 7.03. The molecule has 0 bridgehead atoms. The molecule has 170 valence electrons. The van der Waals surface area contributed by atoms with E-state index in [0.29, 0.717) is 19.5 Å². The molecule has 1 aliphatic heterocycles. The number of aromatic nitrogens is 2. The second-order valence-corrected chi connectivity index (χ2v) is 9.93. The van der Waals surface area contributed by atoms with E-state index in [9.17, 15) is 9.59 Å². The minimum absolute atomic E-state index is 0.0525. The van der Waals surface area contributed by atoms with Crippen LogP contribution in [0.1, 0.15) is 66.6 Å². The molecular formula is C26H34N4O2. The van der Waals surface area contributed by atoms with Crippen molar-refractivity contribution < 1.29 is 9.59 Å². The van der Waals surface area contributed by atoms with Crippen molar-refractivity contribution in [1.82, 2.24) is 14.7 Å². The Morgan fingerprint density at radius 3 is 2.66 bits per heavy atom. The largest absolute Gasteiger partial charge is 0.333 e. The van der Waals surface area contributed by atoms with Crippen LogP contribution in [0.15, 0.2) is 18.2 Å². The third kappa shape index (κ3) is 3.74. The molecule has 1 aromatic carbocycles. The highest BCUT2D eigenvalue weighted by Crippen LogP contribution is 2.33. The van der Waals surface area contributed by atoms with Gasteiger partial charge in [0, 0.05) is 37.4 Å². The van der Waals surface area contributed by atoms with E-state index in [2.05, 4.69) is 30.9 Å². The number of nitrogens with zero attached hydrogens (tertiary/aromatic N) is 4. The summed E-state index contributed by atoms with van der Waals surface area (Å²) < 4.78 is 2.01. The lowest BCUT2D eigenvalue weighted by molar-refractivity contribution is -0.138. The smallest absolute Gasteiger partial charge is 0.228 e. The molecule has 1 atom stereocenters. The van der Waals surface area contributed by atoms with Crippen LogP contribution in [-0.4, -0.2) is 39.1 Å². The molecule has 0 N–H and O–H groups in total. The highest BCUT2D eigenvalue weighted by molar-refractivity contribution is 6.00. The second-order valence-electron chi connectivity index (χ2n) is 9.93. The molecule has 5 rings (SSSR count). The van der Waals surface area contributed by atoms with Gasteiger partial charge in [-0.3, -0.25) is 14.3 Å². The van der Waals surface area contributed by atoms with Crippen LogP contribution in [0.3, 0.4) is 0 Å². The van der Waals surface area contributed by atoms with Crippen LogP contribution >= 0.6 is 0 Å². The Hall–Kier alpha value is -2.63. The average Bonchev–Trinajstić information content (AvgIpc) is 3.55. The van der Waals surface area contributed by atoms with Crippen molar-refractivity contribution in [3.63, 3.8) is 0 Å². The molecule has 2 aromatic rings. The van der Waals surface area contributed by atoms with E-state index in [4.69, 9.17) is 5.10 Å². The first-order valence-electron chi connectivity index (χ1n) is 12.1. The van der Waals surface area contributed by atoms with E-state index >= 15 is 0 Å². The number of anilines is 1. The fraction of sp³-hybridized carbons (Fsp3) is 0.577. The molecule has 6 nitrogen and oxygen atoms in total. The van der Waals surface area contributed by atoms with Crippen molar-refractivity contribution in [3.05, 3.63) is 46.3 Å². The SMILES string of the molecule is Cc1ccc(N2CC(C(=O)N(Cc3nn(C)c4c3CCC4)C3CCCC3)CC2=O)cc1C. The summed E-state index contributed by atoms with van der Waals surface area (Å²) in [6.07, 6.45) is 8.08. The Morgan fingerprint density at radius 2 is 1.91 bits per heavy atom. The zero-order chi connectivity index (χ0) is 22.4. The molecule has 2 amide bonds. The Kier molecular flexibility index (Phi) is 5.56. The molecule has 3 aliphatic rings. The van der Waals surface area contributed by atoms with Crippen LogP contribution in [0, 0.1) is 19.8 Å². The van der Waals surface area contributed by atoms with Gasteiger partial charge in [-0.1, -0.05) is 18.9 Å². The Labute approximate surface area is 190 Å². The van der Waals surface area contributed by atoms with Crippen LogP contribution < -0.4 is 4.90 Å². The lowest BCUT2D eigenvalue weighted by Gasteiger charge is -2.31. The summed E-state index contributed by atoms with van der Waals surface area (Å²) in [6.45, 7) is 5.20. The Bertz CT molecular complexity index is 1050. The first-order chi connectivity index (χ1) is 15.4. The molecule has 1 unspecified atom stereocenters. The number of rotatable bonds is 5. The molecule has 1 saturated carbocycles. The predicted octanol–water partition coefficient (Wildman–Crippen LogP) is 3.85. The summed E-state index contributed by atoms with van der Waals surface area (Å²) in [7, 11) is 2.02. The molecule has 2 aliphatic carbocycles. The summed E-state index contributed by atoms with van der Waals surface area (Å²) in [5, 5.41) is 4.79. The van der Waals surface area contributed by atoms with E-state index in [0.717, 1.165) is 37.1 Å². The van der Waals surface area contributed by atoms with Crippen LogP contribution in [0.4, 0.5) is 5.69 Å². The van der Waals surface area contributed by atoms with Gasteiger partial charge in [0.05, 0.1) is 18.2 Å². The van der Waals surface area contributed by atoms with Crippen molar-refractivity contribution in [2.24, 2.45) is 13.0 Å². The van der Waals surface area contributed by atoms with Gasteiger partial charge in [-0.2, -0.15) is 5.10 Å². The molecule has 2 heterocycles. The number of hydrogen-bond acceptors (Lipinski definition) is 3. The number of carbonyl (C=O) groups is 2. The van der Waals surface area contributed by atoms with Crippen LogP contribution in [0.25, 0.3) is 0 Å². The van der Waals surface area contributed by atoms with Gasteiger partial charge in [0.2, 0.25) is 11.8 Å². The van der Waals surface area contributed by atoms with Gasteiger partial charge in [0.15, 0.2) is 0 Å². The maximum absolute atomic E-state index is 13.8. The molecular weight excluding hydrogens is 400 g/mol. The van der Waals surface area contributed by atoms with E-state index < -0.39 is 0 Å². The fourth-order valence-corrected chi connectivity index (χ4v) is 5.84. The van der Waals surface area contributed by atoms with Gasteiger partial charge in [0.25, 0.3) is 0 Å². The van der Waals surface area contributed by atoms with Gasteiger partial charge < -0.3 is 9.80 Å². The van der Waals surface area contributed by atoms with E-state index in [1.165, 1.54) is 41.6 Å². The Morgan fingerprint density at radius 1 is 1.12 bits per heavy atom. The van der Waals surface area contributed by atoms with E-state index in [1.807, 2.05) is 17.8 Å². The van der Waals surface area contributed by atoms with Gasteiger partial charge in [-0.15, -0.1) is 0 Å². The normalized spacial score (nSPS) is 20.9. The molecule has 32 heavy (non-hydrogen) atoms. The number of carbonyl (C=O) groups excluding carboxylic acids is 2. The van der Waals surface area contributed by atoms with E-state index in [-0.39, 0.29) is 23.8 Å². The van der Waals surface area contributed by atoms with Crippen LogP contribution in [0.2, 0.25) is 0 Å². The zero-order valence-electron chi connectivity index (χ0n) is 19.6. The first-order valence-corrected chi connectivity index (χ1v) is 12.1. The molecule has 2 fully saturated rings. The van der Waals surface area contributed by atoms with Crippen molar-refractivity contribution in [3.8, 4) is 0 Å². The summed E-state index contributed by atoms with van der Waals surface area (Å²) in [6, 6.07) is 6.39. The highest BCUT2D eigenvalue weighted by atomic mass is 16.2. The zero-order valence-corrected chi connectivity index (χ0v) is 19.6. The van der Waals surface area contributed by atoms with Crippen LogP contribution in [0.5, 0.6) is 0 Å². The predicted molar refractivity (Wildman–Crippen MR) is 124 cm³/mol. The average molecular weight is 435 g/mol. The number of benzene rings is 1. The first kappa shape index (κ1) is 21.2. The van der Waals surface area contributed by atoms with Crippen molar-refractivity contribution in [2.75, 3.05) is 11.4 Å². The lowest BCUT2D eigenvalue weighted by Crippen LogP contribution is -2.43. The monoisotopic (exact) mass is 434 g/mol. The van der Waals surface area contributed by atoms with Gasteiger partial charge in [0.1, 0.15) is 0 Å². The molecule has 1 aromatic heterocycles. The number of aryl methyl sites for hydroxylation is 3. The maximum atomic E-state index is 13.8. The molecule has 1 saturated heterocycles. The lowest BCUT2D eigenvalue weighted by atomic mass is 10.0. The molecule has 0 radical (unpaired) electrons. The number of fused-ring (bicyclic) bond motifs is 1. The summed E-state index contributed by atoms with van der Waals surface area (Å²) in [5.74, 6) is -0.0906. The third-order valence-electron chi connectivity index (χ3n) is 7.84. The summed E-state index contributed by atoms with van der Waals surface area (Å²) >= 11 is 0. The number of hydrogen-bond donors (Lipinski definition) is 0. The van der Waals surface area contributed by atoms with Crippen molar-refractivity contribution in [2.45, 2.75) is 77.8 Å².